The highest BCUT2D eigenvalue weighted by Crippen LogP contribution is 2.30. The molecule has 47 heavy (non-hydrogen) atoms. The molecule has 4 rings (SSSR count). The number of nitro benzene ring substituents is 1. The molecule has 0 aliphatic rings. The number of ether oxygens (including phenoxy) is 2. The fourth-order valence-corrected chi connectivity index (χ4v) is 6.47. The first-order valence-electron chi connectivity index (χ1n) is 14.6. The van der Waals surface area contributed by atoms with Gasteiger partial charge in [0.05, 0.1) is 29.7 Å². The molecule has 0 bridgehead atoms. The van der Waals surface area contributed by atoms with Gasteiger partial charge in [-0.15, -0.1) is 0 Å². The van der Waals surface area contributed by atoms with Crippen LogP contribution in [0.1, 0.15) is 16.7 Å². The number of nitro groups is 1. The fraction of sp³-hybridized carbons (Fsp3) is 0.235. The Kier molecular flexibility index (Phi) is 11.2. The third kappa shape index (κ3) is 8.24. The highest BCUT2D eigenvalue weighted by molar-refractivity contribution is 7.92. The molecule has 0 radical (unpaired) electrons. The van der Waals surface area contributed by atoms with Crippen LogP contribution in [0.15, 0.2) is 102 Å². The van der Waals surface area contributed by atoms with Gasteiger partial charge in [-0.05, 0) is 60.5 Å². The average molecular weight is 661 g/mol. The number of rotatable bonds is 14. The number of hydrogen-bond donors (Lipinski definition) is 1. The Balaban J connectivity index is 1.83. The van der Waals surface area contributed by atoms with E-state index in [1.807, 2.05) is 30.3 Å². The second-order valence-corrected chi connectivity index (χ2v) is 12.5. The van der Waals surface area contributed by atoms with Crippen molar-refractivity contribution in [2.75, 3.05) is 32.1 Å². The van der Waals surface area contributed by atoms with E-state index < -0.39 is 39.3 Å². The molecule has 12 nitrogen and oxygen atoms in total. The van der Waals surface area contributed by atoms with Gasteiger partial charge in [0.15, 0.2) is 0 Å². The van der Waals surface area contributed by atoms with Gasteiger partial charge in [0, 0.05) is 31.6 Å². The van der Waals surface area contributed by atoms with E-state index in [1.165, 1.54) is 69.5 Å². The second kappa shape index (κ2) is 15.2. The predicted molar refractivity (Wildman–Crippen MR) is 177 cm³/mol. The lowest BCUT2D eigenvalue weighted by Gasteiger charge is -2.33. The Bertz CT molecular complexity index is 1830. The predicted octanol–water partition coefficient (Wildman–Crippen LogP) is 4.50. The maximum absolute atomic E-state index is 14.4. The molecule has 0 saturated heterocycles. The van der Waals surface area contributed by atoms with Gasteiger partial charge < -0.3 is 19.7 Å². The Labute approximate surface area is 273 Å². The quantitative estimate of drug-likeness (QED) is 0.154. The van der Waals surface area contributed by atoms with Crippen molar-refractivity contribution in [3.8, 4) is 11.5 Å². The summed E-state index contributed by atoms with van der Waals surface area (Å²) < 4.78 is 39.9. The minimum absolute atomic E-state index is 0.0482. The summed E-state index contributed by atoms with van der Waals surface area (Å²) in [4.78, 5) is 39.9. The van der Waals surface area contributed by atoms with Crippen LogP contribution < -0.4 is 19.1 Å². The highest BCUT2D eigenvalue weighted by Gasteiger charge is 2.35. The van der Waals surface area contributed by atoms with Crippen LogP contribution in [0.5, 0.6) is 11.5 Å². The zero-order valence-electron chi connectivity index (χ0n) is 26.5. The average Bonchev–Trinajstić information content (AvgIpc) is 3.08. The van der Waals surface area contributed by atoms with Crippen LogP contribution >= 0.6 is 0 Å². The zero-order valence-corrected chi connectivity index (χ0v) is 27.3. The summed E-state index contributed by atoms with van der Waals surface area (Å²) in [5, 5.41) is 14.3. The van der Waals surface area contributed by atoms with Gasteiger partial charge >= 0.3 is 0 Å². The standard InChI is InChI=1S/C34H36N4O8S/c1-24-13-18-30(21-31(24)38(41)42)47(43,44)37(27-14-16-28(45-3)17-15-27)23-33(39)36(22-26-11-8-12-29(19-26)46-4)32(34(40)35-2)20-25-9-6-5-7-10-25/h5-19,21,32H,20,22-23H2,1-4H3,(H,35,40)/t32-/m1/s1. The fourth-order valence-electron chi connectivity index (χ4n) is 5.04. The zero-order chi connectivity index (χ0) is 34.1. The first-order valence-corrected chi connectivity index (χ1v) is 16.0. The van der Waals surface area contributed by atoms with Gasteiger partial charge in [-0.2, -0.15) is 0 Å². The van der Waals surface area contributed by atoms with Crippen molar-refractivity contribution in [2.45, 2.75) is 30.8 Å². The highest BCUT2D eigenvalue weighted by atomic mass is 32.2. The number of likely N-dealkylation sites (N-methyl/N-ethyl adjacent to an activating group) is 1. The molecule has 1 atom stereocenters. The van der Waals surface area contributed by atoms with Crippen molar-refractivity contribution in [1.82, 2.24) is 10.2 Å². The summed E-state index contributed by atoms with van der Waals surface area (Å²) in [6, 6.07) is 24.7. The lowest BCUT2D eigenvalue weighted by atomic mass is 10.0. The number of nitrogens with zero attached hydrogens (tertiary/aromatic N) is 3. The minimum atomic E-state index is -4.55. The Morgan fingerprint density at radius 3 is 2.15 bits per heavy atom. The number of benzene rings is 4. The Hall–Kier alpha value is -5.43. The lowest BCUT2D eigenvalue weighted by Crippen LogP contribution is -2.53. The van der Waals surface area contributed by atoms with E-state index in [-0.39, 0.29) is 34.8 Å². The van der Waals surface area contributed by atoms with E-state index in [4.69, 9.17) is 9.47 Å². The van der Waals surface area contributed by atoms with E-state index in [9.17, 15) is 28.1 Å². The van der Waals surface area contributed by atoms with E-state index in [1.54, 1.807) is 24.3 Å². The molecular weight excluding hydrogens is 624 g/mol. The number of anilines is 1. The van der Waals surface area contributed by atoms with E-state index in [0.717, 1.165) is 15.9 Å². The van der Waals surface area contributed by atoms with E-state index in [0.29, 0.717) is 17.1 Å². The number of nitrogens with one attached hydrogen (secondary N) is 1. The van der Waals surface area contributed by atoms with Gasteiger partial charge in [0.2, 0.25) is 11.8 Å². The maximum Gasteiger partial charge on any atom is 0.273 e. The van der Waals surface area contributed by atoms with Gasteiger partial charge in [-0.1, -0.05) is 48.5 Å². The number of carbonyl (C=O) groups is 2. The van der Waals surface area contributed by atoms with Gasteiger partial charge in [0.1, 0.15) is 24.1 Å². The van der Waals surface area contributed by atoms with Crippen LogP contribution in [-0.4, -0.2) is 63.9 Å². The first-order chi connectivity index (χ1) is 22.5. The summed E-state index contributed by atoms with van der Waals surface area (Å²) in [6.45, 7) is 0.734. The van der Waals surface area contributed by atoms with Crippen molar-refractivity contribution >= 4 is 33.2 Å². The van der Waals surface area contributed by atoms with Crippen LogP contribution in [0.4, 0.5) is 11.4 Å². The Morgan fingerprint density at radius 1 is 0.872 bits per heavy atom. The van der Waals surface area contributed by atoms with Crippen molar-refractivity contribution in [2.24, 2.45) is 0 Å². The van der Waals surface area contributed by atoms with Crippen LogP contribution in [0.2, 0.25) is 0 Å². The molecule has 246 valence electrons. The molecule has 0 fully saturated rings. The molecule has 0 aliphatic heterocycles. The summed E-state index contributed by atoms with van der Waals surface area (Å²) in [6.07, 6.45) is 0.148. The summed E-state index contributed by atoms with van der Waals surface area (Å²) >= 11 is 0. The van der Waals surface area contributed by atoms with Crippen LogP contribution in [-0.2, 0) is 32.6 Å². The number of methoxy groups -OCH3 is 2. The normalized spacial score (nSPS) is 11.7. The number of amides is 2. The van der Waals surface area contributed by atoms with E-state index >= 15 is 0 Å². The van der Waals surface area contributed by atoms with E-state index in [2.05, 4.69) is 5.32 Å². The third-order valence-corrected chi connectivity index (χ3v) is 9.38. The maximum atomic E-state index is 14.4. The molecule has 13 heteroatoms. The van der Waals surface area contributed by atoms with Crippen molar-refractivity contribution in [3.05, 3.63) is 124 Å². The minimum Gasteiger partial charge on any atom is -0.497 e. The van der Waals surface area contributed by atoms with Gasteiger partial charge in [-0.25, -0.2) is 8.42 Å². The third-order valence-electron chi connectivity index (χ3n) is 7.61. The summed E-state index contributed by atoms with van der Waals surface area (Å²) in [7, 11) is -0.113. The second-order valence-electron chi connectivity index (χ2n) is 10.6. The molecular formula is C34H36N4O8S. The monoisotopic (exact) mass is 660 g/mol. The number of hydrogen-bond acceptors (Lipinski definition) is 8. The first kappa shape index (κ1) is 34.4. The molecule has 0 heterocycles. The van der Waals surface area contributed by atoms with Crippen molar-refractivity contribution < 1.29 is 32.4 Å². The van der Waals surface area contributed by atoms with Crippen molar-refractivity contribution in [1.29, 1.82) is 0 Å². The topological polar surface area (TPSA) is 148 Å². The molecule has 0 saturated carbocycles. The van der Waals surface area contributed by atoms with Crippen LogP contribution in [0, 0.1) is 17.0 Å². The number of carbonyl (C=O) groups excluding carboxylic acids is 2. The molecule has 4 aromatic carbocycles. The van der Waals surface area contributed by atoms with Gasteiger partial charge in [-0.3, -0.25) is 24.0 Å². The number of sulfonamides is 1. The molecule has 0 unspecified atom stereocenters. The van der Waals surface area contributed by atoms with Crippen molar-refractivity contribution in [3.63, 3.8) is 0 Å². The molecule has 2 amide bonds. The SMILES string of the molecule is CNC(=O)[C@@H](Cc1ccccc1)N(Cc1cccc(OC)c1)C(=O)CN(c1ccc(OC)cc1)S(=O)(=O)c1ccc(C)c([N+](=O)[O-])c1. The Morgan fingerprint density at radius 2 is 1.53 bits per heavy atom. The van der Waals surface area contributed by atoms with Crippen LogP contribution in [0.25, 0.3) is 0 Å². The number of aryl methyl sites for hydroxylation is 1. The molecule has 0 aliphatic carbocycles. The molecule has 4 aromatic rings. The molecule has 0 aromatic heterocycles. The molecule has 0 spiro atoms. The lowest BCUT2D eigenvalue weighted by molar-refractivity contribution is -0.385. The van der Waals surface area contributed by atoms with Gasteiger partial charge in [0.25, 0.3) is 15.7 Å². The summed E-state index contributed by atoms with van der Waals surface area (Å²) in [5.74, 6) is -0.139. The molecule has 1 N–H and O–H groups in total. The smallest absolute Gasteiger partial charge is 0.273 e. The summed E-state index contributed by atoms with van der Waals surface area (Å²) in [5.41, 5.74) is 1.45. The van der Waals surface area contributed by atoms with Crippen LogP contribution in [0.3, 0.4) is 0 Å². The largest absolute Gasteiger partial charge is 0.497 e.